The standard InChI is InChI=1S/C17H19N5O/c1-10-3-4-13(11(2)20-10)15-5-6-18-17(21-15)22-8-12-7-19-16(23)14(12)9-22/h3-6,12,14H,7-9H2,1-2H3,(H,19,23)/t12-,14+/m0/s1. The lowest BCUT2D eigenvalue weighted by atomic mass is 10.0. The Labute approximate surface area is 135 Å². The number of pyridine rings is 1. The van der Waals surface area contributed by atoms with E-state index in [1.807, 2.05) is 26.0 Å². The minimum Gasteiger partial charge on any atom is -0.355 e. The van der Waals surface area contributed by atoms with Crippen LogP contribution in [0.4, 0.5) is 5.95 Å². The number of carbonyl (C=O) groups excluding carboxylic acids is 1. The van der Waals surface area contributed by atoms with E-state index in [9.17, 15) is 4.79 Å². The van der Waals surface area contributed by atoms with Gasteiger partial charge in [-0.15, -0.1) is 0 Å². The highest BCUT2D eigenvalue weighted by Gasteiger charge is 2.42. The third-order valence-electron chi connectivity index (χ3n) is 4.74. The Hall–Kier alpha value is -2.50. The second-order valence-corrected chi connectivity index (χ2v) is 6.34. The molecule has 2 aromatic rings. The molecule has 2 aromatic heterocycles. The maximum atomic E-state index is 11.8. The van der Waals surface area contributed by atoms with Gasteiger partial charge in [-0.3, -0.25) is 9.78 Å². The van der Waals surface area contributed by atoms with Crippen molar-refractivity contribution in [2.24, 2.45) is 11.8 Å². The smallest absolute Gasteiger partial charge is 0.225 e. The predicted molar refractivity (Wildman–Crippen MR) is 86.9 cm³/mol. The Morgan fingerprint density at radius 2 is 2.04 bits per heavy atom. The second kappa shape index (κ2) is 5.30. The average Bonchev–Trinajstić information content (AvgIpc) is 3.10. The molecule has 2 aliphatic rings. The molecule has 2 saturated heterocycles. The quantitative estimate of drug-likeness (QED) is 0.906. The van der Waals surface area contributed by atoms with Crippen molar-refractivity contribution >= 4 is 11.9 Å². The van der Waals surface area contributed by atoms with E-state index >= 15 is 0 Å². The van der Waals surface area contributed by atoms with E-state index in [4.69, 9.17) is 4.98 Å². The summed E-state index contributed by atoms with van der Waals surface area (Å²) < 4.78 is 0. The number of anilines is 1. The summed E-state index contributed by atoms with van der Waals surface area (Å²) in [6, 6.07) is 5.96. The first-order chi connectivity index (χ1) is 11.1. The molecule has 0 bridgehead atoms. The van der Waals surface area contributed by atoms with Crippen LogP contribution in [0.25, 0.3) is 11.3 Å². The van der Waals surface area contributed by atoms with Gasteiger partial charge in [0, 0.05) is 48.7 Å². The monoisotopic (exact) mass is 309 g/mol. The average molecular weight is 309 g/mol. The van der Waals surface area contributed by atoms with E-state index < -0.39 is 0 Å². The fraction of sp³-hybridized carbons (Fsp3) is 0.412. The summed E-state index contributed by atoms with van der Waals surface area (Å²) in [6.07, 6.45) is 1.78. The Morgan fingerprint density at radius 3 is 2.83 bits per heavy atom. The number of amides is 1. The molecule has 4 heterocycles. The number of hydrogen-bond acceptors (Lipinski definition) is 5. The molecule has 2 aliphatic heterocycles. The summed E-state index contributed by atoms with van der Waals surface area (Å²) in [5.41, 5.74) is 3.86. The first-order valence-electron chi connectivity index (χ1n) is 7.92. The third kappa shape index (κ3) is 2.44. The minimum absolute atomic E-state index is 0.0741. The van der Waals surface area contributed by atoms with Crippen molar-refractivity contribution in [3.8, 4) is 11.3 Å². The van der Waals surface area contributed by atoms with E-state index in [2.05, 4.69) is 26.3 Å². The molecule has 0 aromatic carbocycles. The number of nitrogens with one attached hydrogen (secondary N) is 1. The van der Waals surface area contributed by atoms with Gasteiger partial charge in [0.15, 0.2) is 0 Å². The number of aryl methyl sites for hydroxylation is 2. The molecule has 4 rings (SSSR count). The molecule has 0 unspecified atom stereocenters. The first-order valence-corrected chi connectivity index (χ1v) is 7.92. The summed E-state index contributed by atoms with van der Waals surface area (Å²) in [6.45, 7) is 6.27. The van der Waals surface area contributed by atoms with Gasteiger partial charge in [-0.2, -0.15) is 0 Å². The van der Waals surface area contributed by atoms with Crippen LogP contribution in [-0.4, -0.2) is 40.5 Å². The highest BCUT2D eigenvalue weighted by molar-refractivity contribution is 5.82. The van der Waals surface area contributed by atoms with Gasteiger partial charge in [0.05, 0.1) is 11.6 Å². The predicted octanol–water partition coefficient (Wildman–Crippen LogP) is 1.34. The van der Waals surface area contributed by atoms with Gasteiger partial charge in [-0.25, -0.2) is 9.97 Å². The zero-order valence-electron chi connectivity index (χ0n) is 13.3. The summed E-state index contributed by atoms with van der Waals surface area (Å²) in [7, 11) is 0. The summed E-state index contributed by atoms with van der Waals surface area (Å²) >= 11 is 0. The van der Waals surface area contributed by atoms with Gasteiger partial charge in [-0.1, -0.05) is 0 Å². The molecule has 0 aliphatic carbocycles. The van der Waals surface area contributed by atoms with Crippen LogP contribution in [0.3, 0.4) is 0 Å². The zero-order valence-corrected chi connectivity index (χ0v) is 13.3. The number of fused-ring (bicyclic) bond motifs is 1. The fourth-order valence-electron chi connectivity index (χ4n) is 3.51. The van der Waals surface area contributed by atoms with Crippen molar-refractivity contribution < 1.29 is 4.79 Å². The van der Waals surface area contributed by atoms with Crippen LogP contribution in [0.5, 0.6) is 0 Å². The normalized spacial score (nSPS) is 23.0. The SMILES string of the molecule is Cc1ccc(-c2ccnc(N3C[C@@H]4CNC(=O)[C@@H]4C3)n2)c(C)n1. The van der Waals surface area contributed by atoms with E-state index in [-0.39, 0.29) is 11.8 Å². The zero-order chi connectivity index (χ0) is 16.0. The van der Waals surface area contributed by atoms with Crippen molar-refractivity contribution in [1.29, 1.82) is 0 Å². The van der Waals surface area contributed by atoms with Crippen molar-refractivity contribution in [2.75, 3.05) is 24.5 Å². The van der Waals surface area contributed by atoms with E-state index in [1.54, 1.807) is 6.20 Å². The first kappa shape index (κ1) is 14.1. The molecule has 6 heteroatoms. The lowest BCUT2D eigenvalue weighted by Crippen LogP contribution is -2.29. The number of aromatic nitrogens is 3. The molecule has 6 nitrogen and oxygen atoms in total. The van der Waals surface area contributed by atoms with E-state index in [0.29, 0.717) is 18.4 Å². The number of rotatable bonds is 2. The molecule has 0 radical (unpaired) electrons. The van der Waals surface area contributed by atoms with Crippen LogP contribution < -0.4 is 10.2 Å². The van der Waals surface area contributed by atoms with Crippen LogP contribution in [0.15, 0.2) is 24.4 Å². The van der Waals surface area contributed by atoms with Gasteiger partial charge < -0.3 is 10.2 Å². The molecule has 2 atom stereocenters. The van der Waals surface area contributed by atoms with Gasteiger partial charge in [0.1, 0.15) is 0 Å². The maximum absolute atomic E-state index is 11.8. The second-order valence-electron chi connectivity index (χ2n) is 6.34. The molecule has 118 valence electrons. The number of nitrogens with zero attached hydrogens (tertiary/aromatic N) is 4. The molecular weight excluding hydrogens is 290 g/mol. The Kier molecular flexibility index (Phi) is 3.25. The van der Waals surface area contributed by atoms with Crippen LogP contribution in [0.2, 0.25) is 0 Å². The van der Waals surface area contributed by atoms with Crippen LogP contribution >= 0.6 is 0 Å². The largest absolute Gasteiger partial charge is 0.355 e. The molecule has 0 saturated carbocycles. The summed E-state index contributed by atoms with van der Waals surface area (Å²) in [4.78, 5) is 27.6. The van der Waals surface area contributed by atoms with Crippen LogP contribution in [-0.2, 0) is 4.79 Å². The lowest BCUT2D eigenvalue weighted by Gasteiger charge is -2.17. The molecule has 0 spiro atoms. The van der Waals surface area contributed by atoms with Crippen molar-refractivity contribution in [3.63, 3.8) is 0 Å². The Balaban J connectivity index is 1.63. The number of hydrogen-bond donors (Lipinski definition) is 1. The topological polar surface area (TPSA) is 71.0 Å². The van der Waals surface area contributed by atoms with Crippen molar-refractivity contribution in [3.05, 3.63) is 35.8 Å². The maximum Gasteiger partial charge on any atom is 0.225 e. The van der Waals surface area contributed by atoms with Gasteiger partial charge >= 0.3 is 0 Å². The number of carbonyl (C=O) groups is 1. The fourth-order valence-corrected chi connectivity index (χ4v) is 3.51. The van der Waals surface area contributed by atoms with Crippen molar-refractivity contribution in [2.45, 2.75) is 13.8 Å². The molecular formula is C17H19N5O. The van der Waals surface area contributed by atoms with Gasteiger partial charge in [-0.05, 0) is 32.0 Å². The Morgan fingerprint density at radius 1 is 1.17 bits per heavy atom. The highest BCUT2D eigenvalue weighted by Crippen LogP contribution is 2.30. The van der Waals surface area contributed by atoms with Gasteiger partial charge in [0.2, 0.25) is 11.9 Å². The molecule has 23 heavy (non-hydrogen) atoms. The Bertz CT molecular complexity index is 775. The van der Waals surface area contributed by atoms with Gasteiger partial charge in [0.25, 0.3) is 0 Å². The van der Waals surface area contributed by atoms with E-state index in [0.717, 1.165) is 35.7 Å². The van der Waals surface area contributed by atoms with Crippen molar-refractivity contribution in [1.82, 2.24) is 20.3 Å². The minimum atomic E-state index is 0.0741. The summed E-state index contributed by atoms with van der Waals surface area (Å²) in [5, 5.41) is 2.93. The van der Waals surface area contributed by atoms with Crippen LogP contribution in [0.1, 0.15) is 11.4 Å². The molecule has 2 fully saturated rings. The third-order valence-corrected chi connectivity index (χ3v) is 4.74. The van der Waals surface area contributed by atoms with Crippen LogP contribution in [0, 0.1) is 25.7 Å². The van der Waals surface area contributed by atoms with E-state index in [1.165, 1.54) is 0 Å². The molecule has 1 N–H and O–H groups in total. The molecule has 1 amide bonds. The lowest BCUT2D eigenvalue weighted by molar-refractivity contribution is -0.122. The highest BCUT2D eigenvalue weighted by atomic mass is 16.2. The summed E-state index contributed by atoms with van der Waals surface area (Å²) in [5.74, 6) is 1.31.